The highest BCUT2D eigenvalue weighted by molar-refractivity contribution is 6.29. The zero-order valence-corrected chi connectivity index (χ0v) is 10.8. The number of nitrogens with zero attached hydrogens (tertiary/aromatic N) is 2. The Balaban J connectivity index is 2.37. The molecule has 2 atom stereocenters. The van der Waals surface area contributed by atoms with Gasteiger partial charge in [-0.05, 0) is 26.1 Å². The van der Waals surface area contributed by atoms with E-state index in [0.29, 0.717) is 12.6 Å². The monoisotopic (exact) mass is 248 g/mol. The van der Waals surface area contributed by atoms with Gasteiger partial charge in [0.15, 0.2) is 0 Å². The number of carbonyl (C=O) groups is 1. The van der Waals surface area contributed by atoms with E-state index >= 15 is 0 Å². The van der Waals surface area contributed by atoms with Crippen LogP contribution in [0.3, 0.4) is 0 Å². The standard InChI is InChI=1S/C11H21ClN2O2/c1-3-14(4-2)9-5-6-13(7-9)8-10(12)11(15)16/h9-10H,3-8H2,1-2H3,(H,15,16). The molecular weight excluding hydrogens is 228 g/mol. The van der Waals surface area contributed by atoms with Crippen LogP contribution in [0.4, 0.5) is 0 Å². The number of hydrogen-bond acceptors (Lipinski definition) is 3. The van der Waals surface area contributed by atoms with Crippen molar-refractivity contribution in [3.63, 3.8) is 0 Å². The van der Waals surface area contributed by atoms with Crippen LogP contribution in [0.15, 0.2) is 0 Å². The number of carboxylic acids is 1. The molecule has 0 saturated carbocycles. The van der Waals surface area contributed by atoms with Crippen molar-refractivity contribution in [1.82, 2.24) is 9.80 Å². The molecule has 0 amide bonds. The van der Waals surface area contributed by atoms with Gasteiger partial charge in [0.1, 0.15) is 5.38 Å². The van der Waals surface area contributed by atoms with Gasteiger partial charge in [0.05, 0.1) is 0 Å². The van der Waals surface area contributed by atoms with Gasteiger partial charge in [0, 0.05) is 19.1 Å². The maximum absolute atomic E-state index is 10.6. The number of hydrogen-bond donors (Lipinski definition) is 1. The summed E-state index contributed by atoms with van der Waals surface area (Å²) < 4.78 is 0. The van der Waals surface area contributed by atoms with E-state index in [1.807, 2.05) is 0 Å². The molecule has 0 aromatic rings. The number of aliphatic carboxylic acids is 1. The SMILES string of the molecule is CCN(CC)C1CCN(CC(Cl)C(=O)O)C1. The lowest BCUT2D eigenvalue weighted by Crippen LogP contribution is -2.39. The van der Waals surface area contributed by atoms with Crippen molar-refractivity contribution in [1.29, 1.82) is 0 Å². The molecule has 0 radical (unpaired) electrons. The number of alkyl halides is 1. The first-order chi connectivity index (χ1) is 7.58. The summed E-state index contributed by atoms with van der Waals surface area (Å²) in [7, 11) is 0. The number of halogens is 1. The minimum absolute atomic E-state index is 0.453. The molecule has 1 aliphatic rings. The number of carboxylic acid groups (broad SMARTS) is 1. The van der Waals surface area contributed by atoms with Crippen molar-refractivity contribution in [3.05, 3.63) is 0 Å². The highest BCUT2D eigenvalue weighted by Crippen LogP contribution is 2.16. The molecule has 16 heavy (non-hydrogen) atoms. The molecule has 0 bridgehead atoms. The molecule has 4 nitrogen and oxygen atoms in total. The van der Waals surface area contributed by atoms with Crippen LogP contribution in [-0.4, -0.2) is 65.0 Å². The third-order valence-electron chi connectivity index (χ3n) is 3.26. The summed E-state index contributed by atoms with van der Waals surface area (Å²) in [4.78, 5) is 15.2. The second-order valence-corrected chi connectivity index (χ2v) is 4.76. The van der Waals surface area contributed by atoms with Crippen molar-refractivity contribution in [2.24, 2.45) is 0 Å². The lowest BCUT2D eigenvalue weighted by atomic mass is 10.2. The Morgan fingerprint density at radius 1 is 1.56 bits per heavy atom. The zero-order valence-electron chi connectivity index (χ0n) is 10.0. The van der Waals surface area contributed by atoms with E-state index in [4.69, 9.17) is 16.7 Å². The molecule has 1 saturated heterocycles. The first-order valence-corrected chi connectivity index (χ1v) is 6.35. The fourth-order valence-electron chi connectivity index (χ4n) is 2.32. The van der Waals surface area contributed by atoms with E-state index in [2.05, 4.69) is 23.6 Å². The summed E-state index contributed by atoms with van der Waals surface area (Å²) >= 11 is 5.74. The van der Waals surface area contributed by atoms with Crippen molar-refractivity contribution in [2.45, 2.75) is 31.7 Å². The third-order valence-corrected chi connectivity index (χ3v) is 3.59. The van der Waals surface area contributed by atoms with Gasteiger partial charge in [-0.25, -0.2) is 0 Å². The van der Waals surface area contributed by atoms with Crippen LogP contribution >= 0.6 is 11.6 Å². The third kappa shape index (κ3) is 3.61. The van der Waals surface area contributed by atoms with Crippen LogP contribution in [0, 0.1) is 0 Å². The van der Waals surface area contributed by atoms with Gasteiger partial charge < -0.3 is 5.11 Å². The maximum atomic E-state index is 10.6. The molecule has 0 aromatic carbocycles. The molecule has 0 spiro atoms. The minimum Gasteiger partial charge on any atom is -0.480 e. The van der Waals surface area contributed by atoms with Crippen LogP contribution in [0.5, 0.6) is 0 Å². The van der Waals surface area contributed by atoms with Gasteiger partial charge in [-0.1, -0.05) is 13.8 Å². The molecule has 1 N–H and O–H groups in total. The first-order valence-electron chi connectivity index (χ1n) is 5.91. The Labute approximate surface area is 102 Å². The second kappa shape index (κ2) is 6.42. The topological polar surface area (TPSA) is 43.8 Å². The minimum atomic E-state index is -0.923. The Bertz CT molecular complexity index is 234. The fraction of sp³-hybridized carbons (Fsp3) is 0.909. The lowest BCUT2D eigenvalue weighted by molar-refractivity contribution is -0.136. The van der Waals surface area contributed by atoms with Gasteiger partial charge in [0.2, 0.25) is 0 Å². The molecule has 94 valence electrons. The molecule has 2 unspecified atom stereocenters. The second-order valence-electron chi connectivity index (χ2n) is 4.23. The van der Waals surface area contributed by atoms with E-state index in [1.54, 1.807) is 0 Å². The molecule has 1 heterocycles. The summed E-state index contributed by atoms with van der Waals surface area (Å²) in [6.07, 6.45) is 1.12. The zero-order chi connectivity index (χ0) is 12.1. The number of likely N-dealkylation sites (tertiary alicyclic amines) is 1. The Hall–Kier alpha value is -0.320. The summed E-state index contributed by atoms with van der Waals surface area (Å²) in [5.74, 6) is -0.923. The molecule has 1 rings (SSSR count). The van der Waals surface area contributed by atoms with E-state index in [-0.39, 0.29) is 0 Å². The van der Waals surface area contributed by atoms with E-state index in [9.17, 15) is 4.79 Å². The lowest BCUT2D eigenvalue weighted by Gasteiger charge is -2.26. The average molecular weight is 249 g/mol. The summed E-state index contributed by atoms with van der Waals surface area (Å²) in [5, 5.41) is 7.96. The van der Waals surface area contributed by atoms with Crippen molar-refractivity contribution in [2.75, 3.05) is 32.7 Å². The van der Waals surface area contributed by atoms with E-state index < -0.39 is 11.3 Å². The predicted octanol–water partition coefficient (Wildman–Crippen LogP) is 1.09. The Kier molecular flexibility index (Phi) is 5.52. The summed E-state index contributed by atoms with van der Waals surface area (Å²) in [6, 6.07) is 0.563. The normalized spacial score (nSPS) is 23.9. The van der Waals surface area contributed by atoms with Gasteiger partial charge >= 0.3 is 5.97 Å². The predicted molar refractivity (Wildman–Crippen MR) is 65.0 cm³/mol. The molecule has 1 aliphatic heterocycles. The Morgan fingerprint density at radius 3 is 2.69 bits per heavy atom. The van der Waals surface area contributed by atoms with Crippen LogP contribution in [0.1, 0.15) is 20.3 Å². The van der Waals surface area contributed by atoms with E-state index in [0.717, 1.165) is 32.6 Å². The smallest absolute Gasteiger partial charge is 0.322 e. The van der Waals surface area contributed by atoms with Crippen LogP contribution in [0.25, 0.3) is 0 Å². The highest BCUT2D eigenvalue weighted by Gasteiger charge is 2.28. The quantitative estimate of drug-likeness (QED) is 0.715. The van der Waals surface area contributed by atoms with Crippen molar-refractivity contribution in [3.8, 4) is 0 Å². The van der Waals surface area contributed by atoms with Gasteiger partial charge in [-0.3, -0.25) is 14.6 Å². The molecule has 5 heteroatoms. The largest absolute Gasteiger partial charge is 0.480 e. The summed E-state index contributed by atoms with van der Waals surface area (Å²) in [5.41, 5.74) is 0. The maximum Gasteiger partial charge on any atom is 0.322 e. The Morgan fingerprint density at radius 2 is 2.19 bits per heavy atom. The van der Waals surface area contributed by atoms with Crippen molar-refractivity contribution < 1.29 is 9.90 Å². The molecule has 1 fully saturated rings. The number of rotatable bonds is 6. The highest BCUT2D eigenvalue weighted by atomic mass is 35.5. The van der Waals surface area contributed by atoms with Crippen LogP contribution < -0.4 is 0 Å². The summed E-state index contributed by atoms with van der Waals surface area (Å²) in [6.45, 7) is 8.78. The van der Waals surface area contributed by atoms with Crippen LogP contribution in [0.2, 0.25) is 0 Å². The fourth-order valence-corrected chi connectivity index (χ4v) is 2.52. The van der Waals surface area contributed by atoms with Crippen molar-refractivity contribution >= 4 is 17.6 Å². The van der Waals surface area contributed by atoms with E-state index in [1.165, 1.54) is 0 Å². The number of likely N-dealkylation sites (N-methyl/N-ethyl adjacent to an activating group) is 1. The first kappa shape index (κ1) is 13.7. The van der Waals surface area contributed by atoms with Gasteiger partial charge in [0.25, 0.3) is 0 Å². The average Bonchev–Trinajstić information content (AvgIpc) is 2.68. The molecule has 0 aliphatic carbocycles. The molecular formula is C11H21ClN2O2. The van der Waals surface area contributed by atoms with Gasteiger partial charge in [-0.15, -0.1) is 11.6 Å². The van der Waals surface area contributed by atoms with Crippen LogP contribution in [-0.2, 0) is 4.79 Å². The van der Waals surface area contributed by atoms with Gasteiger partial charge in [-0.2, -0.15) is 0 Å². The molecule has 0 aromatic heterocycles.